The maximum Gasteiger partial charge on any atom is 0.144 e. The molecule has 0 unspecified atom stereocenters. The second-order valence-corrected chi connectivity index (χ2v) is 14.5. The second kappa shape index (κ2) is 11.6. The molecule has 0 fully saturated rings. The molecular formula is C52H30N2O. The normalized spacial score (nSPS) is 12.0. The first kappa shape index (κ1) is 30.1. The topological polar surface area (TPSA) is 38.9 Å². The molecule has 3 heteroatoms. The largest absolute Gasteiger partial charge is 0.455 e. The van der Waals surface area contributed by atoms with Gasteiger partial charge in [0.2, 0.25) is 0 Å². The van der Waals surface area contributed by atoms with Crippen LogP contribution < -0.4 is 0 Å². The van der Waals surface area contributed by atoms with Crippen LogP contribution in [0.5, 0.6) is 0 Å². The molecular weight excluding hydrogens is 669 g/mol. The summed E-state index contributed by atoms with van der Waals surface area (Å²) in [5.74, 6) is 0. The predicted molar refractivity (Wildman–Crippen MR) is 231 cm³/mol. The zero-order chi connectivity index (χ0) is 36.0. The summed E-state index contributed by atoms with van der Waals surface area (Å²) in [5.41, 5.74) is 10.0. The molecule has 3 aromatic heterocycles. The van der Waals surface area contributed by atoms with E-state index in [2.05, 4.69) is 176 Å². The van der Waals surface area contributed by atoms with Crippen LogP contribution in [0.4, 0.5) is 0 Å². The highest BCUT2D eigenvalue weighted by Gasteiger charge is 2.20. The number of pyridine rings is 2. The minimum absolute atomic E-state index is 0.888. The Bertz CT molecular complexity index is 3530. The number of para-hydroxylation sites is 1. The van der Waals surface area contributed by atoms with Gasteiger partial charge in [0.25, 0.3) is 0 Å². The van der Waals surface area contributed by atoms with E-state index >= 15 is 0 Å². The number of hydrogen-bond acceptors (Lipinski definition) is 3. The molecule has 0 N–H and O–H groups in total. The van der Waals surface area contributed by atoms with Gasteiger partial charge in [-0.3, -0.25) is 0 Å². The summed E-state index contributed by atoms with van der Waals surface area (Å²) in [4.78, 5) is 10.9. The van der Waals surface area contributed by atoms with Crippen molar-refractivity contribution in [3.05, 3.63) is 182 Å². The van der Waals surface area contributed by atoms with Gasteiger partial charge in [0.05, 0.1) is 22.4 Å². The van der Waals surface area contributed by atoms with Crippen molar-refractivity contribution >= 4 is 86.8 Å². The van der Waals surface area contributed by atoms with Gasteiger partial charge in [-0.05, 0) is 69.1 Å². The van der Waals surface area contributed by atoms with Crippen molar-refractivity contribution in [1.82, 2.24) is 9.97 Å². The Balaban J connectivity index is 1.19. The van der Waals surface area contributed by atoms with Crippen LogP contribution in [0, 0.1) is 0 Å². The first-order chi connectivity index (χ1) is 27.3. The van der Waals surface area contributed by atoms with Gasteiger partial charge in [0.1, 0.15) is 11.2 Å². The lowest BCUT2D eigenvalue weighted by Gasteiger charge is -2.17. The van der Waals surface area contributed by atoms with Crippen LogP contribution in [0.15, 0.2) is 186 Å². The summed E-state index contributed by atoms with van der Waals surface area (Å²) in [6, 6.07) is 64.8. The molecule has 0 bridgehead atoms. The van der Waals surface area contributed by atoms with Crippen LogP contribution in [-0.4, -0.2) is 9.97 Å². The minimum Gasteiger partial charge on any atom is -0.455 e. The van der Waals surface area contributed by atoms with Gasteiger partial charge in [-0.15, -0.1) is 0 Å². The molecule has 0 aliphatic carbocycles. The number of aromatic nitrogens is 2. The average molecular weight is 699 g/mol. The molecule has 0 aliphatic heterocycles. The molecule has 3 nitrogen and oxygen atoms in total. The number of fused-ring (bicyclic) bond motifs is 13. The standard InChI is InChI=1S/C52H30N2O/c1-3-13-31(14-4-1)50-41-26-25-39-37-20-11-12-22-47(37)55-52(39)49(41)40-24-23-35(29-45(40)53-50)42-30-44-48(38-21-10-9-19-36(38)42)43-27-33-17-7-8-18-34(33)28-46(43)54-51(44)32-15-5-2-6-16-32/h1-30H. The highest BCUT2D eigenvalue weighted by Crippen LogP contribution is 2.45. The predicted octanol–water partition coefficient (Wildman–Crippen LogP) is 14.3. The molecule has 0 atom stereocenters. The smallest absolute Gasteiger partial charge is 0.144 e. The van der Waals surface area contributed by atoms with E-state index in [4.69, 9.17) is 14.4 Å². The minimum atomic E-state index is 0.888. The van der Waals surface area contributed by atoms with E-state index in [-0.39, 0.29) is 0 Å². The Kier molecular flexibility index (Phi) is 6.34. The Morgan fingerprint density at radius 3 is 1.67 bits per heavy atom. The van der Waals surface area contributed by atoms with Gasteiger partial charge < -0.3 is 4.42 Å². The lowest BCUT2D eigenvalue weighted by atomic mass is 9.89. The van der Waals surface area contributed by atoms with Crippen molar-refractivity contribution in [3.63, 3.8) is 0 Å². The molecule has 3 heterocycles. The summed E-state index contributed by atoms with van der Waals surface area (Å²) in [5, 5.41) is 13.8. The van der Waals surface area contributed by atoms with Crippen LogP contribution in [0.25, 0.3) is 120 Å². The zero-order valence-electron chi connectivity index (χ0n) is 29.6. The SMILES string of the molecule is c1ccc(-c2nc3cc4ccccc4cc3c3c2cc(-c2ccc4c(c2)nc(-c2ccccc2)c2ccc5c6ccccc6oc5c24)c2ccccc23)cc1. The van der Waals surface area contributed by atoms with Gasteiger partial charge in [-0.25, -0.2) is 9.97 Å². The number of nitrogens with zero attached hydrogens (tertiary/aromatic N) is 2. The second-order valence-electron chi connectivity index (χ2n) is 14.5. The van der Waals surface area contributed by atoms with Crippen LogP contribution in [0.3, 0.4) is 0 Å². The van der Waals surface area contributed by atoms with Crippen LogP contribution in [0.2, 0.25) is 0 Å². The highest BCUT2D eigenvalue weighted by molar-refractivity contribution is 6.28. The van der Waals surface area contributed by atoms with Crippen molar-refractivity contribution in [3.8, 4) is 33.6 Å². The lowest BCUT2D eigenvalue weighted by Crippen LogP contribution is -1.94. The Labute approximate surface area is 315 Å². The fourth-order valence-electron chi connectivity index (χ4n) is 8.86. The third-order valence-electron chi connectivity index (χ3n) is 11.4. The number of hydrogen-bond donors (Lipinski definition) is 0. The molecule has 9 aromatic carbocycles. The summed E-state index contributed by atoms with van der Waals surface area (Å²) in [6.07, 6.45) is 0. The fraction of sp³-hybridized carbons (Fsp3) is 0. The maximum absolute atomic E-state index is 6.67. The molecule has 0 aliphatic rings. The van der Waals surface area contributed by atoms with Crippen molar-refractivity contribution in [1.29, 1.82) is 0 Å². The fourth-order valence-corrected chi connectivity index (χ4v) is 8.86. The number of furan rings is 1. The van der Waals surface area contributed by atoms with Gasteiger partial charge in [-0.1, -0.05) is 146 Å². The van der Waals surface area contributed by atoms with E-state index < -0.39 is 0 Å². The van der Waals surface area contributed by atoms with Crippen molar-refractivity contribution in [2.45, 2.75) is 0 Å². The third-order valence-corrected chi connectivity index (χ3v) is 11.4. The van der Waals surface area contributed by atoms with Gasteiger partial charge >= 0.3 is 0 Å². The molecule has 12 rings (SSSR count). The summed E-state index contributed by atoms with van der Waals surface area (Å²) < 4.78 is 6.67. The van der Waals surface area contributed by atoms with E-state index in [1.165, 1.54) is 26.9 Å². The Morgan fingerprint density at radius 1 is 0.327 bits per heavy atom. The van der Waals surface area contributed by atoms with E-state index in [0.717, 1.165) is 93.5 Å². The maximum atomic E-state index is 6.67. The zero-order valence-corrected chi connectivity index (χ0v) is 29.6. The monoisotopic (exact) mass is 698 g/mol. The molecule has 55 heavy (non-hydrogen) atoms. The summed E-state index contributed by atoms with van der Waals surface area (Å²) in [6.45, 7) is 0. The van der Waals surface area contributed by atoms with Gasteiger partial charge in [0.15, 0.2) is 0 Å². The lowest BCUT2D eigenvalue weighted by molar-refractivity contribution is 0.673. The van der Waals surface area contributed by atoms with Gasteiger partial charge in [-0.2, -0.15) is 0 Å². The van der Waals surface area contributed by atoms with E-state index in [9.17, 15) is 0 Å². The van der Waals surface area contributed by atoms with Crippen molar-refractivity contribution < 1.29 is 4.42 Å². The molecule has 0 spiro atoms. The molecule has 254 valence electrons. The molecule has 0 saturated heterocycles. The van der Waals surface area contributed by atoms with Crippen LogP contribution >= 0.6 is 0 Å². The third kappa shape index (κ3) is 4.50. The average Bonchev–Trinajstić information content (AvgIpc) is 3.64. The first-order valence-corrected chi connectivity index (χ1v) is 18.7. The Morgan fingerprint density at radius 2 is 0.909 bits per heavy atom. The van der Waals surface area contributed by atoms with Gasteiger partial charge in [0, 0.05) is 54.2 Å². The molecule has 0 radical (unpaired) electrons. The van der Waals surface area contributed by atoms with Crippen molar-refractivity contribution in [2.75, 3.05) is 0 Å². The quantitative estimate of drug-likeness (QED) is 0.136. The highest BCUT2D eigenvalue weighted by atomic mass is 16.3. The van der Waals surface area contributed by atoms with E-state index in [0.29, 0.717) is 0 Å². The summed E-state index contributed by atoms with van der Waals surface area (Å²) in [7, 11) is 0. The summed E-state index contributed by atoms with van der Waals surface area (Å²) >= 11 is 0. The van der Waals surface area contributed by atoms with E-state index in [1.54, 1.807) is 0 Å². The number of rotatable bonds is 3. The van der Waals surface area contributed by atoms with Crippen molar-refractivity contribution in [2.24, 2.45) is 0 Å². The van der Waals surface area contributed by atoms with Crippen LogP contribution in [-0.2, 0) is 0 Å². The molecule has 12 aromatic rings. The Hall–Kier alpha value is -7.36. The number of benzene rings is 9. The molecule has 0 amide bonds. The van der Waals surface area contributed by atoms with E-state index in [1.807, 2.05) is 6.07 Å². The molecule has 0 saturated carbocycles. The first-order valence-electron chi connectivity index (χ1n) is 18.7. The van der Waals surface area contributed by atoms with Crippen LogP contribution in [0.1, 0.15) is 0 Å².